The number of rotatable bonds is 3. The van der Waals surface area contributed by atoms with Gasteiger partial charge in [0, 0.05) is 52.2 Å². The van der Waals surface area contributed by atoms with E-state index in [1.807, 2.05) is 30.6 Å². The van der Waals surface area contributed by atoms with Crippen molar-refractivity contribution in [1.29, 1.82) is 0 Å². The van der Waals surface area contributed by atoms with Gasteiger partial charge in [-0.3, -0.25) is 14.5 Å². The molecule has 0 atom stereocenters. The van der Waals surface area contributed by atoms with Crippen LogP contribution >= 0.6 is 0 Å². The maximum Gasteiger partial charge on any atom is 0.263 e. The van der Waals surface area contributed by atoms with Gasteiger partial charge in [-0.25, -0.2) is 4.98 Å². The first kappa shape index (κ1) is 16.5. The fourth-order valence-corrected chi connectivity index (χ4v) is 3.37. The smallest absolute Gasteiger partial charge is 0.263 e. The van der Waals surface area contributed by atoms with Crippen LogP contribution in [0.25, 0.3) is 5.65 Å². The molecule has 0 unspecified atom stereocenters. The maximum absolute atomic E-state index is 12.7. The highest BCUT2D eigenvalue weighted by atomic mass is 16.2. The maximum atomic E-state index is 12.7. The molecular weight excluding hydrogens is 330 g/mol. The highest BCUT2D eigenvalue weighted by molar-refractivity contribution is 5.93. The molecule has 0 saturated carbocycles. The Morgan fingerprint density at radius 2 is 1.88 bits per heavy atom. The molecule has 1 aliphatic rings. The summed E-state index contributed by atoms with van der Waals surface area (Å²) in [5.41, 5.74) is 2.07. The minimum absolute atomic E-state index is 0.180. The van der Waals surface area contributed by atoms with Crippen molar-refractivity contribution in [2.75, 3.05) is 26.2 Å². The lowest BCUT2D eigenvalue weighted by Gasteiger charge is -2.34. The number of carbonyl (C=O) groups is 1. The Labute approximate surface area is 151 Å². The van der Waals surface area contributed by atoms with Gasteiger partial charge in [-0.1, -0.05) is 6.07 Å². The fraction of sp³-hybridized carbons (Fsp3) is 0.316. The number of nitrogens with zero attached hydrogens (tertiary/aromatic N) is 5. The standard InChI is InChI=1S/C19H21N5O2/c1-21-7-4-5-16(18(21)25)19(26)23-11-9-22(10-12-23)14-15-13-20-17-6-2-3-8-24(15)17/h2-8,13H,9-12,14H2,1H3. The molecule has 1 aliphatic heterocycles. The Morgan fingerprint density at radius 1 is 1.08 bits per heavy atom. The lowest BCUT2D eigenvalue weighted by atomic mass is 10.2. The second kappa shape index (κ2) is 6.76. The zero-order valence-corrected chi connectivity index (χ0v) is 14.7. The average Bonchev–Trinajstić information content (AvgIpc) is 3.07. The molecule has 0 spiro atoms. The van der Waals surface area contributed by atoms with Crippen LogP contribution in [0.1, 0.15) is 16.1 Å². The van der Waals surface area contributed by atoms with Crippen LogP contribution in [0.4, 0.5) is 0 Å². The Morgan fingerprint density at radius 3 is 2.69 bits per heavy atom. The number of fused-ring (bicyclic) bond motifs is 1. The topological polar surface area (TPSA) is 62.9 Å². The van der Waals surface area contributed by atoms with Crippen LogP contribution in [0, 0.1) is 0 Å². The van der Waals surface area contributed by atoms with E-state index in [1.54, 1.807) is 30.3 Å². The van der Waals surface area contributed by atoms with E-state index in [1.165, 1.54) is 4.57 Å². The third kappa shape index (κ3) is 3.01. The molecule has 134 valence electrons. The van der Waals surface area contributed by atoms with Gasteiger partial charge in [0.05, 0.1) is 11.9 Å². The lowest BCUT2D eigenvalue weighted by Crippen LogP contribution is -2.49. The third-order valence-electron chi connectivity index (χ3n) is 4.89. The predicted octanol–water partition coefficient (Wildman–Crippen LogP) is 0.991. The summed E-state index contributed by atoms with van der Waals surface area (Å²) in [6.45, 7) is 3.58. The number of aromatic nitrogens is 3. The molecule has 0 aliphatic carbocycles. The summed E-state index contributed by atoms with van der Waals surface area (Å²) in [7, 11) is 1.66. The highest BCUT2D eigenvalue weighted by Crippen LogP contribution is 2.12. The Kier molecular flexibility index (Phi) is 4.30. The molecule has 26 heavy (non-hydrogen) atoms. The van der Waals surface area contributed by atoms with Gasteiger partial charge in [0.25, 0.3) is 11.5 Å². The van der Waals surface area contributed by atoms with Gasteiger partial charge >= 0.3 is 0 Å². The first-order valence-electron chi connectivity index (χ1n) is 8.72. The quantitative estimate of drug-likeness (QED) is 0.706. The molecule has 3 aromatic heterocycles. The number of carbonyl (C=O) groups excluding carboxylic acids is 1. The van der Waals surface area contributed by atoms with Crippen molar-refractivity contribution in [3.05, 3.63) is 70.5 Å². The van der Waals surface area contributed by atoms with Crippen molar-refractivity contribution in [2.45, 2.75) is 6.54 Å². The molecule has 1 saturated heterocycles. The van der Waals surface area contributed by atoms with E-state index in [9.17, 15) is 9.59 Å². The van der Waals surface area contributed by atoms with Gasteiger partial charge in [0.2, 0.25) is 0 Å². The first-order valence-corrected chi connectivity index (χ1v) is 8.72. The van der Waals surface area contributed by atoms with E-state index >= 15 is 0 Å². The summed E-state index contributed by atoms with van der Waals surface area (Å²) in [6.07, 6.45) is 5.58. The summed E-state index contributed by atoms with van der Waals surface area (Å²) in [5, 5.41) is 0. The monoisotopic (exact) mass is 351 g/mol. The van der Waals surface area contributed by atoms with Crippen LogP contribution in [0.15, 0.2) is 53.7 Å². The van der Waals surface area contributed by atoms with Crippen LogP contribution in [0.3, 0.4) is 0 Å². The summed E-state index contributed by atoms with van der Waals surface area (Å²) in [5.74, 6) is -0.180. The number of hydrogen-bond donors (Lipinski definition) is 0. The van der Waals surface area contributed by atoms with Crippen LogP contribution in [-0.4, -0.2) is 55.8 Å². The molecule has 0 radical (unpaired) electrons. The van der Waals surface area contributed by atoms with Gasteiger partial charge in [-0.2, -0.15) is 0 Å². The normalized spacial score (nSPS) is 15.5. The van der Waals surface area contributed by atoms with Gasteiger partial charge in [0.15, 0.2) is 0 Å². The molecule has 4 rings (SSSR count). The average molecular weight is 351 g/mol. The third-order valence-corrected chi connectivity index (χ3v) is 4.89. The van der Waals surface area contributed by atoms with Gasteiger partial charge < -0.3 is 13.9 Å². The van der Waals surface area contributed by atoms with Crippen molar-refractivity contribution in [2.24, 2.45) is 7.05 Å². The van der Waals surface area contributed by atoms with E-state index in [0.717, 1.165) is 31.0 Å². The van der Waals surface area contributed by atoms with Crippen LogP contribution < -0.4 is 5.56 Å². The number of hydrogen-bond acceptors (Lipinski definition) is 4. The number of amides is 1. The second-order valence-corrected chi connectivity index (χ2v) is 6.58. The molecule has 1 fully saturated rings. The zero-order valence-electron chi connectivity index (χ0n) is 14.7. The van der Waals surface area contributed by atoms with Crippen molar-refractivity contribution >= 4 is 11.6 Å². The zero-order chi connectivity index (χ0) is 18.1. The minimum atomic E-state index is -0.245. The Bertz CT molecular complexity index is 998. The van der Waals surface area contributed by atoms with Gasteiger partial charge in [0.1, 0.15) is 11.2 Å². The van der Waals surface area contributed by atoms with Gasteiger partial charge in [-0.05, 0) is 24.3 Å². The van der Waals surface area contributed by atoms with E-state index in [4.69, 9.17) is 0 Å². The summed E-state index contributed by atoms with van der Waals surface area (Å²) >= 11 is 0. The first-order chi connectivity index (χ1) is 12.6. The fourth-order valence-electron chi connectivity index (χ4n) is 3.37. The van der Waals surface area contributed by atoms with Crippen molar-refractivity contribution in [3.8, 4) is 0 Å². The highest BCUT2D eigenvalue weighted by Gasteiger charge is 2.24. The molecule has 0 bridgehead atoms. The molecular formula is C19H21N5O2. The number of aryl methyl sites for hydroxylation is 1. The lowest BCUT2D eigenvalue weighted by molar-refractivity contribution is 0.0624. The second-order valence-electron chi connectivity index (χ2n) is 6.58. The van der Waals surface area contributed by atoms with Crippen LogP contribution in [-0.2, 0) is 13.6 Å². The molecule has 0 N–H and O–H groups in total. The molecule has 7 nitrogen and oxygen atoms in total. The summed E-state index contributed by atoms with van der Waals surface area (Å²) < 4.78 is 3.53. The summed E-state index contributed by atoms with van der Waals surface area (Å²) in [4.78, 5) is 33.3. The predicted molar refractivity (Wildman–Crippen MR) is 98.1 cm³/mol. The Balaban J connectivity index is 1.42. The molecule has 3 aromatic rings. The minimum Gasteiger partial charge on any atom is -0.336 e. The van der Waals surface area contributed by atoms with E-state index in [0.29, 0.717) is 13.1 Å². The van der Waals surface area contributed by atoms with Crippen molar-refractivity contribution < 1.29 is 4.79 Å². The van der Waals surface area contributed by atoms with Crippen LogP contribution in [0.2, 0.25) is 0 Å². The van der Waals surface area contributed by atoms with E-state index in [-0.39, 0.29) is 17.0 Å². The van der Waals surface area contributed by atoms with Crippen molar-refractivity contribution in [1.82, 2.24) is 23.8 Å². The molecule has 1 amide bonds. The number of piperazine rings is 1. The largest absolute Gasteiger partial charge is 0.336 e. The molecule has 7 heteroatoms. The Hall–Kier alpha value is -2.93. The summed E-state index contributed by atoms with van der Waals surface area (Å²) in [6, 6.07) is 9.30. The molecule has 4 heterocycles. The van der Waals surface area contributed by atoms with E-state index in [2.05, 4.69) is 14.3 Å². The van der Waals surface area contributed by atoms with Crippen LogP contribution in [0.5, 0.6) is 0 Å². The SMILES string of the molecule is Cn1cccc(C(=O)N2CCN(Cc3cnc4ccccn34)CC2)c1=O. The van der Waals surface area contributed by atoms with E-state index < -0.39 is 0 Å². The molecule has 0 aromatic carbocycles. The van der Waals surface area contributed by atoms with Gasteiger partial charge in [-0.15, -0.1) is 0 Å². The number of imidazole rings is 1. The number of pyridine rings is 2. The van der Waals surface area contributed by atoms with Crippen molar-refractivity contribution in [3.63, 3.8) is 0 Å².